The van der Waals surface area contributed by atoms with Crippen molar-refractivity contribution in [2.24, 2.45) is 5.73 Å². The van der Waals surface area contributed by atoms with Crippen molar-refractivity contribution in [2.75, 3.05) is 0 Å². The lowest BCUT2D eigenvalue weighted by Gasteiger charge is -2.08. The second kappa shape index (κ2) is 4.08. The van der Waals surface area contributed by atoms with E-state index in [1.54, 1.807) is 0 Å². The van der Waals surface area contributed by atoms with Gasteiger partial charge in [-0.3, -0.25) is 4.79 Å². The first-order valence-electron chi connectivity index (χ1n) is 3.66. The van der Waals surface area contributed by atoms with Crippen molar-refractivity contribution in [2.45, 2.75) is 12.5 Å². The Balaban J connectivity index is 3.03. The Morgan fingerprint density at radius 1 is 1.69 bits per heavy atom. The maximum atomic E-state index is 10.8. The minimum absolute atomic E-state index is 0.172. The molecule has 1 rings (SSSR count). The van der Waals surface area contributed by atoms with Crippen LogP contribution in [0.5, 0.6) is 0 Å². The predicted molar refractivity (Wildman–Crippen MR) is 49.2 cm³/mol. The van der Waals surface area contributed by atoms with Crippen molar-refractivity contribution < 1.29 is 0 Å². The van der Waals surface area contributed by atoms with E-state index in [4.69, 9.17) is 22.6 Å². The van der Waals surface area contributed by atoms with E-state index < -0.39 is 6.04 Å². The lowest BCUT2D eigenvalue weighted by atomic mass is 10.1. The summed E-state index contributed by atoms with van der Waals surface area (Å²) in [6, 6.07) is 4.35. The van der Waals surface area contributed by atoms with Gasteiger partial charge in [-0.25, -0.2) is 0 Å². The number of nitrogens with one attached hydrogen (secondary N) is 1. The zero-order valence-corrected chi connectivity index (χ0v) is 7.51. The molecule has 1 heterocycles. The number of aromatic nitrogens is 1. The highest BCUT2D eigenvalue weighted by molar-refractivity contribution is 6.30. The topological polar surface area (TPSA) is 82.7 Å². The number of H-pyrrole nitrogens is 1. The summed E-state index contributed by atoms with van der Waals surface area (Å²) < 4.78 is 0. The number of hydrogen-bond donors (Lipinski definition) is 2. The first-order chi connectivity index (χ1) is 6.15. The summed E-state index contributed by atoms with van der Waals surface area (Å²) in [7, 11) is 0. The standard InChI is InChI=1S/C8H8ClN3O/c9-8-5(6(11)3-4-10)1-2-7(13)12-8/h1-2,6H,3,11H2,(H,12,13). The van der Waals surface area contributed by atoms with Gasteiger partial charge in [0, 0.05) is 17.7 Å². The monoisotopic (exact) mass is 197 g/mol. The maximum Gasteiger partial charge on any atom is 0.249 e. The summed E-state index contributed by atoms with van der Waals surface area (Å²) in [5.74, 6) is 0. The SMILES string of the molecule is N#CCC(N)c1ccc(=O)[nH]c1Cl. The summed E-state index contributed by atoms with van der Waals surface area (Å²) in [6.45, 7) is 0. The smallest absolute Gasteiger partial charge is 0.249 e. The van der Waals surface area contributed by atoms with E-state index in [1.165, 1.54) is 12.1 Å². The van der Waals surface area contributed by atoms with Crippen LogP contribution in [-0.2, 0) is 0 Å². The number of hydrogen-bond acceptors (Lipinski definition) is 3. The van der Waals surface area contributed by atoms with Gasteiger partial charge in [0.25, 0.3) is 0 Å². The highest BCUT2D eigenvalue weighted by Crippen LogP contribution is 2.19. The molecule has 13 heavy (non-hydrogen) atoms. The molecule has 1 atom stereocenters. The van der Waals surface area contributed by atoms with Gasteiger partial charge < -0.3 is 10.7 Å². The quantitative estimate of drug-likeness (QED) is 0.693. The van der Waals surface area contributed by atoms with E-state index in [0.29, 0.717) is 5.56 Å². The lowest BCUT2D eigenvalue weighted by Crippen LogP contribution is -2.13. The lowest BCUT2D eigenvalue weighted by molar-refractivity contribution is 0.743. The van der Waals surface area contributed by atoms with Crippen molar-refractivity contribution in [1.29, 1.82) is 5.26 Å². The van der Waals surface area contributed by atoms with Crippen molar-refractivity contribution in [3.05, 3.63) is 33.2 Å². The average molecular weight is 198 g/mol. The molecule has 1 unspecified atom stereocenters. The zero-order chi connectivity index (χ0) is 9.84. The van der Waals surface area contributed by atoms with Crippen LogP contribution in [0.15, 0.2) is 16.9 Å². The van der Waals surface area contributed by atoms with Crippen LogP contribution in [0.2, 0.25) is 5.15 Å². The van der Waals surface area contributed by atoms with E-state index in [1.807, 2.05) is 6.07 Å². The van der Waals surface area contributed by atoms with Crippen molar-refractivity contribution in [3.63, 3.8) is 0 Å². The van der Waals surface area contributed by atoms with Gasteiger partial charge in [-0.1, -0.05) is 11.6 Å². The van der Waals surface area contributed by atoms with Crippen LogP contribution in [0.25, 0.3) is 0 Å². The first-order valence-corrected chi connectivity index (χ1v) is 4.04. The van der Waals surface area contributed by atoms with Crippen LogP contribution in [0, 0.1) is 11.3 Å². The van der Waals surface area contributed by atoms with E-state index in [0.717, 1.165) is 0 Å². The summed E-state index contributed by atoms with van der Waals surface area (Å²) in [4.78, 5) is 13.2. The first kappa shape index (κ1) is 9.78. The van der Waals surface area contributed by atoms with Gasteiger partial charge in [-0.2, -0.15) is 5.26 Å². The number of nitriles is 1. The van der Waals surface area contributed by atoms with Gasteiger partial charge >= 0.3 is 0 Å². The fourth-order valence-electron chi connectivity index (χ4n) is 0.955. The Morgan fingerprint density at radius 3 is 2.92 bits per heavy atom. The van der Waals surface area contributed by atoms with Crippen molar-refractivity contribution in [3.8, 4) is 6.07 Å². The second-order valence-electron chi connectivity index (χ2n) is 2.56. The minimum Gasteiger partial charge on any atom is -0.323 e. The Labute approximate surface area is 79.9 Å². The highest BCUT2D eigenvalue weighted by atomic mass is 35.5. The van der Waals surface area contributed by atoms with Gasteiger partial charge in [0.05, 0.1) is 12.5 Å². The molecule has 4 nitrogen and oxygen atoms in total. The molecule has 0 aliphatic rings. The molecule has 0 radical (unpaired) electrons. The maximum absolute atomic E-state index is 10.8. The van der Waals surface area contributed by atoms with Gasteiger partial charge in [-0.05, 0) is 6.07 Å². The molecule has 1 aromatic heterocycles. The van der Waals surface area contributed by atoms with Crippen LogP contribution in [0.4, 0.5) is 0 Å². The third kappa shape index (κ3) is 2.31. The highest BCUT2D eigenvalue weighted by Gasteiger charge is 2.09. The van der Waals surface area contributed by atoms with E-state index in [9.17, 15) is 4.79 Å². The van der Waals surface area contributed by atoms with Crippen LogP contribution in [-0.4, -0.2) is 4.98 Å². The Morgan fingerprint density at radius 2 is 2.38 bits per heavy atom. The zero-order valence-electron chi connectivity index (χ0n) is 6.75. The van der Waals surface area contributed by atoms with Crippen LogP contribution in [0.3, 0.4) is 0 Å². The number of nitrogens with zero attached hydrogens (tertiary/aromatic N) is 1. The number of rotatable bonds is 2. The minimum atomic E-state index is -0.450. The summed E-state index contributed by atoms with van der Waals surface area (Å²) in [6.07, 6.45) is 0.172. The Bertz CT molecular complexity index is 393. The van der Waals surface area contributed by atoms with E-state index in [-0.39, 0.29) is 17.1 Å². The molecule has 0 aromatic carbocycles. The molecule has 0 saturated heterocycles. The summed E-state index contributed by atoms with van der Waals surface area (Å²) in [5, 5.41) is 8.60. The Kier molecular flexibility index (Phi) is 3.07. The van der Waals surface area contributed by atoms with Crippen molar-refractivity contribution >= 4 is 11.6 Å². The third-order valence-corrected chi connectivity index (χ3v) is 1.92. The molecule has 0 saturated carbocycles. The molecule has 1 aromatic rings. The van der Waals surface area contributed by atoms with Gasteiger partial charge in [0.1, 0.15) is 5.15 Å². The molecule has 0 bridgehead atoms. The largest absolute Gasteiger partial charge is 0.323 e. The normalized spacial score (nSPS) is 12.1. The van der Waals surface area contributed by atoms with Crippen LogP contribution in [0.1, 0.15) is 18.0 Å². The fourth-order valence-corrected chi connectivity index (χ4v) is 1.25. The van der Waals surface area contributed by atoms with Gasteiger partial charge in [0.15, 0.2) is 0 Å². The molecule has 0 aliphatic carbocycles. The molecule has 3 N–H and O–H groups in total. The predicted octanol–water partition coefficient (Wildman–Crippen LogP) is 0.942. The second-order valence-corrected chi connectivity index (χ2v) is 2.94. The van der Waals surface area contributed by atoms with Crippen LogP contribution >= 0.6 is 11.6 Å². The fraction of sp³-hybridized carbons (Fsp3) is 0.250. The molecule has 68 valence electrons. The average Bonchev–Trinajstić information content (AvgIpc) is 2.04. The summed E-state index contributed by atoms with van der Waals surface area (Å²) in [5.41, 5.74) is 5.93. The molecule has 0 aliphatic heterocycles. The Hall–Kier alpha value is -1.31. The third-order valence-electron chi connectivity index (χ3n) is 1.61. The molecular weight excluding hydrogens is 190 g/mol. The molecular formula is C8H8ClN3O. The van der Waals surface area contributed by atoms with Crippen LogP contribution < -0.4 is 11.3 Å². The van der Waals surface area contributed by atoms with E-state index >= 15 is 0 Å². The number of aromatic amines is 1. The van der Waals surface area contributed by atoms with Crippen molar-refractivity contribution in [1.82, 2.24) is 4.98 Å². The molecule has 0 spiro atoms. The van der Waals surface area contributed by atoms with Gasteiger partial charge in [-0.15, -0.1) is 0 Å². The molecule has 0 amide bonds. The summed E-state index contributed by atoms with van der Waals surface area (Å²) >= 11 is 5.72. The van der Waals surface area contributed by atoms with E-state index in [2.05, 4.69) is 4.98 Å². The number of halogens is 1. The molecule has 0 fully saturated rings. The number of pyridine rings is 1. The number of nitrogens with two attached hydrogens (primary N) is 1. The van der Waals surface area contributed by atoms with Gasteiger partial charge in [0.2, 0.25) is 5.56 Å². The molecule has 5 heteroatoms.